The molecule has 1 aliphatic carbocycles. The predicted octanol–water partition coefficient (Wildman–Crippen LogP) is 2.89. The topological polar surface area (TPSA) is 104 Å². The summed E-state index contributed by atoms with van der Waals surface area (Å²) in [5, 5.41) is 9.94. The van der Waals surface area contributed by atoms with Gasteiger partial charge < -0.3 is 19.6 Å². The number of amides is 1. The maximum absolute atomic E-state index is 13.5. The fourth-order valence-corrected chi connectivity index (χ4v) is 3.80. The number of aromatic nitrogens is 3. The molecule has 1 spiro atoms. The van der Waals surface area contributed by atoms with Crippen LogP contribution < -0.4 is 10.9 Å². The maximum Gasteiger partial charge on any atom is 0.431 e. The number of rotatable bonds is 4. The van der Waals surface area contributed by atoms with Gasteiger partial charge in [0.1, 0.15) is 17.3 Å². The Labute approximate surface area is 171 Å². The van der Waals surface area contributed by atoms with Crippen LogP contribution in [0.2, 0.25) is 0 Å². The van der Waals surface area contributed by atoms with Crippen LogP contribution in [0, 0.1) is 5.41 Å². The van der Waals surface area contributed by atoms with Crippen LogP contribution in [-0.2, 0) is 11.0 Å². The van der Waals surface area contributed by atoms with Crippen LogP contribution in [0.3, 0.4) is 0 Å². The molecule has 1 unspecified atom stereocenters. The van der Waals surface area contributed by atoms with Gasteiger partial charge in [-0.1, -0.05) is 5.10 Å². The molecule has 0 bridgehead atoms. The Bertz CT molecular complexity index is 1060. The number of H-pyrrole nitrogens is 1. The third-order valence-electron chi connectivity index (χ3n) is 5.82. The minimum absolute atomic E-state index is 0.135. The van der Waals surface area contributed by atoms with Crippen molar-refractivity contribution < 1.29 is 31.2 Å². The number of aromatic amines is 1. The Morgan fingerprint density at radius 2 is 1.90 bits per heavy atom. The number of anilines is 1. The van der Waals surface area contributed by atoms with Crippen molar-refractivity contribution >= 4 is 11.9 Å². The number of carbonyl (C=O) groups excluding carboxylic acids is 1. The number of piperidine rings is 1. The van der Waals surface area contributed by atoms with E-state index in [1.807, 2.05) is 0 Å². The van der Waals surface area contributed by atoms with Gasteiger partial charge in [0.2, 0.25) is 5.91 Å². The number of nitrogens with one attached hydrogen (secondary N) is 2. The second-order valence-electron chi connectivity index (χ2n) is 7.88. The van der Waals surface area contributed by atoms with Gasteiger partial charge in [-0.3, -0.25) is 9.59 Å². The van der Waals surface area contributed by atoms with Gasteiger partial charge in [0, 0.05) is 24.9 Å². The molecule has 8 nitrogen and oxygen atoms in total. The number of pyridine rings is 1. The third kappa shape index (κ3) is 3.88. The highest BCUT2D eigenvalue weighted by molar-refractivity contribution is 5.83. The fraction of sp³-hybridized carbons (Fsp3) is 0.556. The summed E-state index contributed by atoms with van der Waals surface area (Å²) < 4.78 is 70.2. The minimum atomic E-state index is -4.71. The van der Waals surface area contributed by atoms with Gasteiger partial charge in [-0.15, -0.1) is 5.10 Å². The highest BCUT2D eigenvalue weighted by atomic mass is 19.4. The number of alkyl halides is 5. The second-order valence-corrected chi connectivity index (χ2v) is 7.88. The molecule has 3 heterocycles. The molecule has 0 radical (unpaired) electrons. The average molecular weight is 447 g/mol. The van der Waals surface area contributed by atoms with E-state index in [1.165, 1.54) is 11.8 Å². The Balaban J connectivity index is 1.39. The molecule has 1 amide bonds. The molecule has 2 fully saturated rings. The minimum Gasteiger partial charge on any atom is -0.403 e. The Morgan fingerprint density at radius 3 is 2.45 bits per heavy atom. The van der Waals surface area contributed by atoms with E-state index in [2.05, 4.69) is 15.5 Å². The number of nitrogens with zero attached hydrogens (tertiary/aromatic N) is 3. The first-order valence-electron chi connectivity index (χ1n) is 9.49. The van der Waals surface area contributed by atoms with Crippen molar-refractivity contribution in [2.75, 3.05) is 18.4 Å². The summed E-state index contributed by atoms with van der Waals surface area (Å²) in [6, 6.07) is 0.544. The first kappa shape index (κ1) is 21.2. The summed E-state index contributed by atoms with van der Waals surface area (Å²) in [6.45, 7) is 1.96. The lowest BCUT2D eigenvalue weighted by molar-refractivity contribution is -0.141. The molecule has 1 saturated heterocycles. The summed E-state index contributed by atoms with van der Waals surface area (Å²) in [5.41, 5.74) is -3.52. The van der Waals surface area contributed by atoms with Crippen LogP contribution in [0.5, 0.6) is 0 Å². The third-order valence-corrected chi connectivity index (χ3v) is 5.82. The van der Waals surface area contributed by atoms with Gasteiger partial charge in [0.05, 0.1) is 0 Å². The molecule has 4 rings (SSSR count). The number of hydrogen-bond acceptors (Lipinski definition) is 6. The summed E-state index contributed by atoms with van der Waals surface area (Å²) in [6.07, 6.45) is -4.37. The molecule has 0 aromatic carbocycles. The molecular weight excluding hydrogens is 429 g/mol. The maximum atomic E-state index is 13.5. The number of hydrogen-bond donors (Lipinski definition) is 2. The highest BCUT2D eigenvalue weighted by Gasteiger charge is 2.70. The molecule has 1 atom stereocenters. The van der Waals surface area contributed by atoms with Crippen molar-refractivity contribution in [1.82, 2.24) is 20.1 Å². The Kier molecular flexibility index (Phi) is 4.81. The monoisotopic (exact) mass is 447 g/mol. The van der Waals surface area contributed by atoms with E-state index in [4.69, 9.17) is 4.42 Å². The first-order valence-corrected chi connectivity index (χ1v) is 9.49. The van der Waals surface area contributed by atoms with Crippen molar-refractivity contribution in [2.45, 2.75) is 44.3 Å². The molecule has 31 heavy (non-hydrogen) atoms. The van der Waals surface area contributed by atoms with E-state index in [-0.39, 0.29) is 55.7 Å². The largest absolute Gasteiger partial charge is 0.431 e. The molecule has 1 saturated carbocycles. The van der Waals surface area contributed by atoms with Crippen LogP contribution in [0.4, 0.5) is 28.0 Å². The van der Waals surface area contributed by atoms with Gasteiger partial charge in [-0.05, 0) is 31.9 Å². The molecular formula is C18H18F5N5O3. The molecule has 2 aliphatic rings. The molecule has 2 aromatic heterocycles. The summed E-state index contributed by atoms with van der Waals surface area (Å²) >= 11 is 0. The molecule has 13 heteroatoms. The van der Waals surface area contributed by atoms with E-state index >= 15 is 0 Å². The first-order chi connectivity index (χ1) is 14.4. The van der Waals surface area contributed by atoms with Gasteiger partial charge in [-0.2, -0.15) is 13.2 Å². The lowest BCUT2D eigenvalue weighted by Crippen LogP contribution is -2.46. The molecule has 2 N–H and O–H groups in total. The standard InChI is InChI=1S/C18H18F5N5O3/c1-9(14(30)28-6-4-16(5-7-28)8-17(16,19)20)24-15-27-26-13(31-15)10-2-3-11(18(21,22)23)25-12(10)29/h2-3,9H,4-8H2,1H3,(H,24,27)(H,25,29). The zero-order chi connectivity index (χ0) is 22.6. The van der Waals surface area contributed by atoms with Crippen molar-refractivity contribution in [2.24, 2.45) is 5.41 Å². The highest BCUT2D eigenvalue weighted by Crippen LogP contribution is 2.65. The van der Waals surface area contributed by atoms with E-state index < -0.39 is 34.8 Å². The van der Waals surface area contributed by atoms with Crippen molar-refractivity contribution in [3.8, 4) is 11.5 Å². The zero-order valence-electron chi connectivity index (χ0n) is 16.2. The van der Waals surface area contributed by atoms with Crippen LogP contribution >= 0.6 is 0 Å². The van der Waals surface area contributed by atoms with Crippen molar-refractivity contribution in [1.29, 1.82) is 0 Å². The summed E-state index contributed by atoms with van der Waals surface area (Å²) in [7, 11) is 0. The molecule has 168 valence electrons. The SMILES string of the molecule is CC(Nc1nnc(-c2ccc(C(F)(F)F)[nH]c2=O)o1)C(=O)N1CCC2(CC1)CC2(F)F. The van der Waals surface area contributed by atoms with Gasteiger partial charge in [0.15, 0.2) is 0 Å². The van der Waals surface area contributed by atoms with Crippen LogP contribution in [0.1, 0.15) is 31.9 Å². The predicted molar refractivity (Wildman–Crippen MR) is 96.3 cm³/mol. The van der Waals surface area contributed by atoms with Crippen LogP contribution in [-0.4, -0.2) is 51.0 Å². The number of likely N-dealkylation sites (tertiary alicyclic amines) is 1. The second kappa shape index (κ2) is 7.02. The van der Waals surface area contributed by atoms with Crippen molar-refractivity contribution in [3.05, 3.63) is 28.2 Å². The fourth-order valence-electron chi connectivity index (χ4n) is 3.80. The van der Waals surface area contributed by atoms with E-state index in [0.717, 1.165) is 6.07 Å². The van der Waals surface area contributed by atoms with E-state index in [9.17, 15) is 31.5 Å². The van der Waals surface area contributed by atoms with Crippen LogP contribution in [0.25, 0.3) is 11.5 Å². The zero-order valence-corrected chi connectivity index (χ0v) is 16.2. The Hall–Kier alpha value is -2.99. The molecule has 1 aliphatic heterocycles. The molecule has 2 aromatic rings. The smallest absolute Gasteiger partial charge is 0.403 e. The van der Waals surface area contributed by atoms with Gasteiger partial charge in [0.25, 0.3) is 17.4 Å². The normalized spacial score (nSPS) is 20.5. The van der Waals surface area contributed by atoms with Crippen LogP contribution in [0.15, 0.2) is 21.3 Å². The lowest BCUT2D eigenvalue weighted by atomic mass is 9.92. The average Bonchev–Trinajstić information content (AvgIpc) is 3.01. The lowest BCUT2D eigenvalue weighted by Gasteiger charge is -2.33. The summed E-state index contributed by atoms with van der Waals surface area (Å²) in [5.74, 6) is -3.32. The van der Waals surface area contributed by atoms with E-state index in [1.54, 1.807) is 4.98 Å². The quantitative estimate of drug-likeness (QED) is 0.699. The number of halogens is 5. The van der Waals surface area contributed by atoms with Gasteiger partial charge >= 0.3 is 12.2 Å². The summed E-state index contributed by atoms with van der Waals surface area (Å²) in [4.78, 5) is 27.7. The van der Waals surface area contributed by atoms with Gasteiger partial charge in [-0.25, -0.2) is 8.78 Å². The Morgan fingerprint density at radius 1 is 1.26 bits per heavy atom. The van der Waals surface area contributed by atoms with E-state index in [0.29, 0.717) is 6.07 Å². The van der Waals surface area contributed by atoms with Crippen molar-refractivity contribution in [3.63, 3.8) is 0 Å². The number of carbonyl (C=O) groups is 1.